The van der Waals surface area contributed by atoms with Crippen molar-refractivity contribution < 1.29 is 22.7 Å². The Morgan fingerprint density at radius 3 is 2.76 bits per heavy atom. The van der Waals surface area contributed by atoms with E-state index < -0.39 is 15.9 Å². The van der Waals surface area contributed by atoms with E-state index in [2.05, 4.69) is 0 Å². The maximum absolute atomic E-state index is 12.6. The number of likely N-dealkylation sites (N-methyl/N-ethyl adjacent to an activating group) is 1. The van der Waals surface area contributed by atoms with Crippen LogP contribution in [-0.2, 0) is 10.0 Å². The summed E-state index contributed by atoms with van der Waals surface area (Å²) in [6, 6.07) is 8.55. The molecular formula is C15H15ClN2O5S2. The van der Waals surface area contributed by atoms with E-state index in [4.69, 9.17) is 26.2 Å². The second-order valence-electron chi connectivity index (χ2n) is 5.48. The Morgan fingerprint density at radius 2 is 2.08 bits per heavy atom. The summed E-state index contributed by atoms with van der Waals surface area (Å²) in [5.74, 6) is 0.742. The number of amides is 1. The molecule has 2 aromatic rings. The van der Waals surface area contributed by atoms with Gasteiger partial charge >= 0.3 is 0 Å². The van der Waals surface area contributed by atoms with Crippen LogP contribution in [0.4, 0.5) is 0 Å². The molecule has 1 aromatic heterocycles. The number of carbonyl (C=O) groups is 1. The van der Waals surface area contributed by atoms with Crippen LogP contribution < -0.4 is 14.6 Å². The highest BCUT2D eigenvalue weighted by atomic mass is 35.5. The molecule has 0 bridgehead atoms. The third-order valence-corrected chi connectivity index (χ3v) is 6.29. The minimum atomic E-state index is -4.03. The number of para-hydroxylation sites is 2. The Bertz CT molecular complexity index is 912. The van der Waals surface area contributed by atoms with Crippen molar-refractivity contribution in [2.45, 2.75) is 10.3 Å². The molecule has 0 spiro atoms. The first-order valence-electron chi connectivity index (χ1n) is 7.22. The summed E-state index contributed by atoms with van der Waals surface area (Å²) < 4.78 is 34.6. The number of rotatable bonds is 4. The van der Waals surface area contributed by atoms with E-state index in [0.717, 1.165) is 11.3 Å². The van der Waals surface area contributed by atoms with E-state index in [0.29, 0.717) is 11.5 Å². The average molecular weight is 403 g/mol. The van der Waals surface area contributed by atoms with E-state index in [1.165, 1.54) is 11.0 Å². The van der Waals surface area contributed by atoms with E-state index in [1.807, 2.05) is 12.1 Å². The molecule has 25 heavy (non-hydrogen) atoms. The average Bonchev–Trinajstić information content (AvgIpc) is 2.96. The van der Waals surface area contributed by atoms with E-state index in [9.17, 15) is 13.2 Å². The summed E-state index contributed by atoms with van der Waals surface area (Å²) in [5, 5.41) is 5.15. The van der Waals surface area contributed by atoms with Crippen molar-refractivity contribution in [2.24, 2.45) is 5.14 Å². The van der Waals surface area contributed by atoms with Crippen LogP contribution in [-0.4, -0.2) is 45.5 Å². The predicted octanol–water partition coefficient (Wildman–Crippen LogP) is 1.96. The minimum Gasteiger partial charge on any atom is -0.486 e. The number of hydrogen-bond donors (Lipinski definition) is 1. The molecule has 0 saturated carbocycles. The maximum Gasteiger partial charge on any atom is 0.256 e. The first-order chi connectivity index (χ1) is 11.8. The van der Waals surface area contributed by atoms with Gasteiger partial charge in [-0.25, -0.2) is 13.6 Å². The minimum absolute atomic E-state index is 0.0443. The number of primary sulfonamides is 1. The Kier molecular flexibility index (Phi) is 4.92. The fraction of sp³-hybridized carbons (Fsp3) is 0.267. The van der Waals surface area contributed by atoms with E-state index in [-0.39, 0.29) is 33.4 Å². The molecule has 1 amide bonds. The molecular weight excluding hydrogens is 388 g/mol. The van der Waals surface area contributed by atoms with Gasteiger partial charge in [-0.3, -0.25) is 4.79 Å². The van der Waals surface area contributed by atoms with E-state index >= 15 is 0 Å². The third-order valence-electron chi connectivity index (χ3n) is 3.55. The molecule has 2 heterocycles. The molecule has 1 aliphatic heterocycles. The highest BCUT2D eigenvalue weighted by molar-refractivity contribution is 7.91. The molecule has 7 nitrogen and oxygen atoms in total. The SMILES string of the molecule is CN(C[C@@H]1COc2ccccc2O1)C(=O)c1cc(Cl)sc1S(N)(=O)=O. The molecule has 134 valence electrons. The predicted molar refractivity (Wildman–Crippen MR) is 94.0 cm³/mol. The van der Waals surface area contributed by atoms with Crippen molar-refractivity contribution in [1.29, 1.82) is 0 Å². The van der Waals surface area contributed by atoms with Gasteiger partial charge in [0, 0.05) is 7.05 Å². The molecule has 0 fully saturated rings. The first-order valence-corrected chi connectivity index (χ1v) is 9.96. The molecule has 1 aliphatic rings. The smallest absolute Gasteiger partial charge is 0.256 e. The molecule has 1 atom stereocenters. The Morgan fingerprint density at radius 1 is 1.40 bits per heavy atom. The lowest BCUT2D eigenvalue weighted by Gasteiger charge is -2.29. The van der Waals surface area contributed by atoms with Crippen molar-refractivity contribution in [3.63, 3.8) is 0 Å². The molecule has 0 aliphatic carbocycles. The van der Waals surface area contributed by atoms with Crippen molar-refractivity contribution in [3.8, 4) is 11.5 Å². The fourth-order valence-corrected chi connectivity index (χ4v) is 4.73. The topological polar surface area (TPSA) is 98.9 Å². The second-order valence-corrected chi connectivity index (χ2v) is 8.92. The summed E-state index contributed by atoms with van der Waals surface area (Å²) >= 11 is 6.60. The van der Waals surface area contributed by atoms with Gasteiger partial charge in [0.05, 0.1) is 16.4 Å². The van der Waals surface area contributed by atoms with Gasteiger partial charge in [-0.2, -0.15) is 0 Å². The van der Waals surface area contributed by atoms with Crippen LogP contribution in [0.1, 0.15) is 10.4 Å². The standard InChI is InChI=1S/C15H15ClN2O5S2/c1-18(7-9-8-22-11-4-2-3-5-12(11)23-9)14(19)10-6-13(16)24-15(10)25(17,20)21/h2-6,9H,7-8H2,1H3,(H2,17,20,21)/t9-/m1/s1. The highest BCUT2D eigenvalue weighted by Crippen LogP contribution is 2.32. The Hall–Kier alpha value is -1.81. The molecule has 0 unspecified atom stereocenters. The van der Waals surface area contributed by atoms with Crippen LogP contribution in [0.15, 0.2) is 34.5 Å². The molecule has 3 rings (SSSR count). The number of sulfonamides is 1. The Balaban J connectivity index is 1.74. The van der Waals surface area contributed by atoms with Crippen LogP contribution in [0.25, 0.3) is 0 Å². The molecule has 0 saturated heterocycles. The van der Waals surface area contributed by atoms with Crippen LogP contribution in [0.2, 0.25) is 4.34 Å². The largest absolute Gasteiger partial charge is 0.486 e. The highest BCUT2D eigenvalue weighted by Gasteiger charge is 2.28. The lowest BCUT2D eigenvalue weighted by atomic mass is 10.2. The second kappa shape index (κ2) is 6.83. The fourth-order valence-electron chi connectivity index (χ4n) is 2.45. The zero-order valence-corrected chi connectivity index (χ0v) is 15.5. The zero-order valence-electron chi connectivity index (χ0n) is 13.1. The third kappa shape index (κ3) is 3.90. The summed E-state index contributed by atoms with van der Waals surface area (Å²) in [4.78, 5) is 14.0. The summed E-state index contributed by atoms with van der Waals surface area (Å²) in [6.07, 6.45) is -0.379. The summed E-state index contributed by atoms with van der Waals surface area (Å²) in [5.41, 5.74) is -0.0443. The first kappa shape index (κ1) is 18.0. The summed E-state index contributed by atoms with van der Waals surface area (Å²) in [6.45, 7) is 0.492. The number of thiophene rings is 1. The van der Waals surface area contributed by atoms with Crippen LogP contribution in [0.3, 0.4) is 0 Å². The number of halogens is 1. The number of ether oxygens (including phenoxy) is 2. The number of benzene rings is 1. The van der Waals surface area contributed by atoms with Crippen molar-refractivity contribution in [3.05, 3.63) is 40.2 Å². The van der Waals surface area contributed by atoms with Crippen LogP contribution >= 0.6 is 22.9 Å². The number of nitrogens with zero attached hydrogens (tertiary/aromatic N) is 1. The molecule has 0 radical (unpaired) electrons. The van der Waals surface area contributed by atoms with Gasteiger partial charge in [-0.05, 0) is 18.2 Å². The van der Waals surface area contributed by atoms with Gasteiger partial charge in [0.2, 0.25) is 10.0 Å². The van der Waals surface area contributed by atoms with Gasteiger partial charge in [-0.1, -0.05) is 23.7 Å². The monoisotopic (exact) mass is 402 g/mol. The normalized spacial score (nSPS) is 16.5. The van der Waals surface area contributed by atoms with Crippen LogP contribution in [0, 0.1) is 0 Å². The lowest BCUT2D eigenvalue weighted by molar-refractivity contribution is 0.0519. The Labute approximate surface area is 154 Å². The van der Waals surface area contributed by atoms with Crippen LogP contribution in [0.5, 0.6) is 11.5 Å². The van der Waals surface area contributed by atoms with Gasteiger partial charge in [0.25, 0.3) is 5.91 Å². The molecule has 2 N–H and O–H groups in total. The van der Waals surface area contributed by atoms with E-state index in [1.54, 1.807) is 19.2 Å². The maximum atomic E-state index is 12.6. The van der Waals surface area contributed by atoms with Crippen molar-refractivity contribution >= 4 is 38.9 Å². The van der Waals surface area contributed by atoms with Gasteiger partial charge in [0.15, 0.2) is 17.6 Å². The van der Waals surface area contributed by atoms with Gasteiger partial charge < -0.3 is 14.4 Å². The molecule has 10 heteroatoms. The zero-order chi connectivity index (χ0) is 18.2. The number of fused-ring (bicyclic) bond motifs is 1. The number of hydrogen-bond acceptors (Lipinski definition) is 6. The quantitative estimate of drug-likeness (QED) is 0.842. The lowest BCUT2D eigenvalue weighted by Crippen LogP contribution is -2.42. The van der Waals surface area contributed by atoms with Crippen molar-refractivity contribution in [1.82, 2.24) is 4.90 Å². The molecule has 1 aromatic carbocycles. The van der Waals surface area contributed by atoms with Gasteiger partial charge in [0.1, 0.15) is 10.8 Å². The summed E-state index contributed by atoms with van der Waals surface area (Å²) in [7, 11) is -2.49. The van der Waals surface area contributed by atoms with Crippen molar-refractivity contribution in [2.75, 3.05) is 20.2 Å². The number of nitrogens with two attached hydrogens (primary N) is 1. The number of carbonyl (C=O) groups excluding carboxylic acids is 1. The van der Waals surface area contributed by atoms with Gasteiger partial charge in [-0.15, -0.1) is 11.3 Å².